The van der Waals surface area contributed by atoms with Crippen LogP contribution < -0.4 is 4.74 Å². The van der Waals surface area contributed by atoms with E-state index in [4.69, 9.17) is 4.74 Å². The Kier molecular flexibility index (Phi) is 2.21. The third-order valence-electron chi connectivity index (χ3n) is 3.16. The fraction of sp³-hybridized carbons (Fsp3) is 0.286. The lowest BCUT2D eigenvalue weighted by Crippen LogP contribution is -1.82. The lowest BCUT2D eigenvalue weighted by Gasteiger charge is -2.01. The minimum Gasteiger partial charge on any atom is -0.497 e. The second-order valence-electron chi connectivity index (χ2n) is 4.35. The molecule has 1 heterocycles. The molecule has 0 saturated heterocycles. The Morgan fingerprint density at radius 3 is 2.56 bits per heavy atom. The van der Waals surface area contributed by atoms with Crippen LogP contribution in [0.3, 0.4) is 0 Å². The molecule has 0 unspecified atom stereocenters. The minimum absolute atomic E-state index is 0.809. The van der Waals surface area contributed by atoms with E-state index in [0.717, 1.165) is 11.7 Å². The van der Waals surface area contributed by atoms with Crippen molar-refractivity contribution in [3.05, 3.63) is 42.1 Å². The molecule has 2 nitrogen and oxygen atoms in total. The molecule has 16 heavy (non-hydrogen) atoms. The molecule has 1 aliphatic carbocycles. The Morgan fingerprint density at radius 1 is 1.19 bits per heavy atom. The lowest BCUT2D eigenvalue weighted by atomic mass is 10.1. The molecular formula is C14H15NO. The molecule has 1 aliphatic rings. The molecule has 0 aliphatic heterocycles. The van der Waals surface area contributed by atoms with Crippen LogP contribution in [0.2, 0.25) is 0 Å². The zero-order valence-corrected chi connectivity index (χ0v) is 9.36. The zero-order chi connectivity index (χ0) is 11.0. The van der Waals surface area contributed by atoms with Gasteiger partial charge in [0, 0.05) is 11.9 Å². The first-order chi connectivity index (χ1) is 7.86. The number of ether oxygens (including phenoxy) is 1. The molecule has 0 spiro atoms. The first-order valence-electron chi connectivity index (χ1n) is 5.69. The van der Waals surface area contributed by atoms with Crippen LogP contribution in [0.5, 0.6) is 5.75 Å². The Hall–Kier alpha value is -1.70. The van der Waals surface area contributed by atoms with E-state index in [9.17, 15) is 0 Å². The highest BCUT2D eigenvalue weighted by Crippen LogP contribution is 2.41. The van der Waals surface area contributed by atoms with Crippen LogP contribution in [-0.2, 0) is 0 Å². The number of H-pyrrole nitrogens is 1. The van der Waals surface area contributed by atoms with Crippen molar-refractivity contribution in [2.45, 2.75) is 18.8 Å². The summed E-state index contributed by atoms with van der Waals surface area (Å²) in [5.74, 6) is 1.71. The van der Waals surface area contributed by atoms with Gasteiger partial charge < -0.3 is 9.72 Å². The molecule has 82 valence electrons. The Morgan fingerprint density at radius 2 is 1.94 bits per heavy atom. The molecule has 1 aromatic carbocycles. The van der Waals surface area contributed by atoms with E-state index in [1.165, 1.54) is 29.7 Å². The van der Waals surface area contributed by atoms with Gasteiger partial charge in [0.1, 0.15) is 5.75 Å². The molecule has 1 saturated carbocycles. The van der Waals surface area contributed by atoms with Crippen LogP contribution in [0.4, 0.5) is 0 Å². The van der Waals surface area contributed by atoms with E-state index in [0.29, 0.717) is 0 Å². The number of aromatic nitrogens is 1. The molecule has 1 N–H and O–H groups in total. The summed E-state index contributed by atoms with van der Waals surface area (Å²) in [6.45, 7) is 0. The highest BCUT2D eigenvalue weighted by Gasteiger charge is 2.24. The average Bonchev–Trinajstić information content (AvgIpc) is 3.08. The smallest absolute Gasteiger partial charge is 0.118 e. The fourth-order valence-electron chi connectivity index (χ4n) is 2.00. The van der Waals surface area contributed by atoms with Gasteiger partial charge in [-0.25, -0.2) is 0 Å². The van der Waals surface area contributed by atoms with Crippen molar-refractivity contribution in [3.63, 3.8) is 0 Å². The molecule has 1 aromatic heterocycles. The quantitative estimate of drug-likeness (QED) is 0.828. The summed E-state index contributed by atoms with van der Waals surface area (Å²) in [6, 6.07) is 10.4. The number of aromatic amines is 1. The van der Waals surface area contributed by atoms with Gasteiger partial charge >= 0.3 is 0 Å². The van der Waals surface area contributed by atoms with Crippen LogP contribution in [0.25, 0.3) is 11.3 Å². The maximum atomic E-state index is 5.15. The highest BCUT2D eigenvalue weighted by atomic mass is 16.5. The van der Waals surface area contributed by atoms with Gasteiger partial charge in [-0.05, 0) is 60.2 Å². The molecule has 0 atom stereocenters. The van der Waals surface area contributed by atoms with E-state index < -0.39 is 0 Å². The summed E-state index contributed by atoms with van der Waals surface area (Å²) in [4.78, 5) is 3.34. The lowest BCUT2D eigenvalue weighted by molar-refractivity contribution is 0.415. The largest absolute Gasteiger partial charge is 0.497 e. The second kappa shape index (κ2) is 3.71. The average molecular weight is 213 g/mol. The van der Waals surface area contributed by atoms with Gasteiger partial charge in [-0.15, -0.1) is 0 Å². The van der Waals surface area contributed by atoms with Gasteiger partial charge in [-0.3, -0.25) is 0 Å². The van der Waals surface area contributed by atoms with Crippen molar-refractivity contribution in [3.8, 4) is 17.0 Å². The number of rotatable bonds is 3. The maximum Gasteiger partial charge on any atom is 0.118 e. The normalized spacial score (nSPS) is 15.1. The Labute approximate surface area is 95.3 Å². The fourth-order valence-corrected chi connectivity index (χ4v) is 2.00. The van der Waals surface area contributed by atoms with Crippen LogP contribution in [-0.4, -0.2) is 12.1 Å². The predicted molar refractivity (Wildman–Crippen MR) is 64.8 cm³/mol. The number of hydrogen-bond acceptors (Lipinski definition) is 1. The molecule has 2 heteroatoms. The monoisotopic (exact) mass is 213 g/mol. The topological polar surface area (TPSA) is 25.0 Å². The van der Waals surface area contributed by atoms with Crippen molar-refractivity contribution in [2.24, 2.45) is 0 Å². The standard InChI is InChI=1S/C14H15NO/c1-16-13-6-4-11(5-7-13)14-8-12(9-15-14)10-2-3-10/h4-10,15H,2-3H2,1H3. The minimum atomic E-state index is 0.809. The number of benzene rings is 1. The summed E-state index contributed by atoms with van der Waals surface area (Å²) < 4.78 is 5.15. The molecule has 2 aromatic rings. The van der Waals surface area contributed by atoms with Gasteiger partial charge in [-0.1, -0.05) is 0 Å². The molecule has 0 radical (unpaired) electrons. The van der Waals surface area contributed by atoms with Crippen LogP contribution in [0.1, 0.15) is 24.3 Å². The zero-order valence-electron chi connectivity index (χ0n) is 9.36. The van der Waals surface area contributed by atoms with E-state index >= 15 is 0 Å². The Bertz CT molecular complexity index is 480. The molecule has 0 amide bonds. The van der Waals surface area contributed by atoms with Crippen LogP contribution in [0, 0.1) is 0 Å². The molecule has 3 rings (SSSR count). The number of hydrogen-bond donors (Lipinski definition) is 1. The van der Waals surface area contributed by atoms with Crippen LogP contribution in [0.15, 0.2) is 36.5 Å². The van der Waals surface area contributed by atoms with Crippen molar-refractivity contribution in [1.82, 2.24) is 4.98 Å². The molecule has 0 bridgehead atoms. The van der Waals surface area contributed by atoms with E-state index in [-0.39, 0.29) is 0 Å². The summed E-state index contributed by atoms with van der Waals surface area (Å²) in [5.41, 5.74) is 3.86. The van der Waals surface area contributed by atoms with Crippen LogP contribution >= 0.6 is 0 Å². The van der Waals surface area contributed by atoms with Crippen molar-refractivity contribution >= 4 is 0 Å². The second-order valence-corrected chi connectivity index (χ2v) is 4.35. The van der Waals surface area contributed by atoms with Gasteiger partial charge in [0.25, 0.3) is 0 Å². The van der Waals surface area contributed by atoms with Crippen molar-refractivity contribution < 1.29 is 4.74 Å². The summed E-state index contributed by atoms with van der Waals surface area (Å²) >= 11 is 0. The maximum absolute atomic E-state index is 5.15. The molecule has 1 fully saturated rings. The first kappa shape index (κ1) is 9.52. The van der Waals surface area contributed by atoms with Gasteiger partial charge in [-0.2, -0.15) is 0 Å². The van der Waals surface area contributed by atoms with E-state index in [1.54, 1.807) is 7.11 Å². The Balaban J connectivity index is 1.88. The van der Waals surface area contributed by atoms with E-state index in [2.05, 4.69) is 29.4 Å². The van der Waals surface area contributed by atoms with Gasteiger partial charge in [0.15, 0.2) is 0 Å². The third kappa shape index (κ3) is 1.71. The predicted octanol–water partition coefficient (Wildman–Crippen LogP) is 3.57. The SMILES string of the molecule is COc1ccc(-c2cc(C3CC3)c[nH]2)cc1. The van der Waals surface area contributed by atoms with Crippen molar-refractivity contribution in [1.29, 1.82) is 0 Å². The van der Waals surface area contributed by atoms with Gasteiger partial charge in [0.2, 0.25) is 0 Å². The summed E-state index contributed by atoms with van der Waals surface area (Å²) in [6.07, 6.45) is 4.83. The van der Waals surface area contributed by atoms with Crippen molar-refractivity contribution in [2.75, 3.05) is 7.11 Å². The number of nitrogens with one attached hydrogen (secondary N) is 1. The number of methoxy groups -OCH3 is 1. The van der Waals surface area contributed by atoms with Gasteiger partial charge in [0.05, 0.1) is 7.11 Å². The third-order valence-corrected chi connectivity index (χ3v) is 3.16. The molecular weight excluding hydrogens is 198 g/mol. The first-order valence-corrected chi connectivity index (χ1v) is 5.69. The summed E-state index contributed by atoms with van der Waals surface area (Å²) in [7, 11) is 1.69. The van der Waals surface area contributed by atoms with E-state index in [1.807, 2.05) is 12.1 Å². The highest BCUT2D eigenvalue weighted by molar-refractivity contribution is 5.61. The summed E-state index contributed by atoms with van der Waals surface area (Å²) in [5, 5.41) is 0.